The van der Waals surface area contributed by atoms with E-state index in [0.717, 1.165) is 11.3 Å². The van der Waals surface area contributed by atoms with E-state index in [1.165, 1.54) is 17.1 Å². The predicted molar refractivity (Wildman–Crippen MR) is 105 cm³/mol. The molecule has 0 atom stereocenters. The van der Waals surface area contributed by atoms with Crippen LogP contribution < -0.4 is 5.32 Å². The fraction of sp³-hybridized carbons (Fsp3) is 0.263. The second-order valence-electron chi connectivity index (χ2n) is 6.38. The number of amides is 1. The second-order valence-corrected chi connectivity index (χ2v) is 6.79. The standard InChI is InChI=1S/C19H20ClN5O3/c1-12-18(13(2)25(23-12)11-14-5-3-4-6-16(14)20)22-19(28)15-9-21-24(10-15)8-7-17(26)27/h3-6,9-10H,7-8,11H2,1-2H3,(H,22,28)(H,26,27). The normalized spacial score (nSPS) is 10.8. The summed E-state index contributed by atoms with van der Waals surface area (Å²) in [6, 6.07) is 7.54. The summed E-state index contributed by atoms with van der Waals surface area (Å²) in [4.78, 5) is 23.2. The van der Waals surface area contributed by atoms with Crippen LogP contribution >= 0.6 is 11.6 Å². The highest BCUT2D eigenvalue weighted by molar-refractivity contribution is 6.31. The largest absolute Gasteiger partial charge is 0.481 e. The number of benzene rings is 1. The molecule has 2 heterocycles. The predicted octanol–water partition coefficient (Wildman–Crippen LogP) is 3.13. The van der Waals surface area contributed by atoms with E-state index in [1.807, 2.05) is 38.1 Å². The van der Waals surface area contributed by atoms with Crippen molar-refractivity contribution in [2.24, 2.45) is 0 Å². The summed E-state index contributed by atoms with van der Waals surface area (Å²) in [5, 5.41) is 20.8. The number of hydrogen-bond acceptors (Lipinski definition) is 4. The molecule has 0 spiro atoms. The minimum atomic E-state index is -0.918. The monoisotopic (exact) mass is 401 g/mol. The van der Waals surface area contributed by atoms with Crippen LogP contribution in [0.2, 0.25) is 5.02 Å². The smallest absolute Gasteiger partial charge is 0.305 e. The van der Waals surface area contributed by atoms with Gasteiger partial charge in [0.2, 0.25) is 0 Å². The van der Waals surface area contributed by atoms with Crippen molar-refractivity contribution >= 4 is 29.2 Å². The van der Waals surface area contributed by atoms with Gasteiger partial charge in [0.15, 0.2) is 0 Å². The Morgan fingerprint density at radius 2 is 2.00 bits per heavy atom. The van der Waals surface area contributed by atoms with Crippen molar-refractivity contribution in [3.63, 3.8) is 0 Å². The van der Waals surface area contributed by atoms with Crippen LogP contribution in [0.25, 0.3) is 0 Å². The molecule has 0 aliphatic rings. The lowest BCUT2D eigenvalue weighted by Gasteiger charge is -2.08. The van der Waals surface area contributed by atoms with Crippen LogP contribution in [0.5, 0.6) is 0 Å². The number of halogens is 1. The van der Waals surface area contributed by atoms with Crippen molar-refractivity contribution < 1.29 is 14.7 Å². The summed E-state index contributed by atoms with van der Waals surface area (Å²) in [5.74, 6) is -1.25. The van der Waals surface area contributed by atoms with Gasteiger partial charge < -0.3 is 10.4 Å². The fourth-order valence-corrected chi connectivity index (χ4v) is 3.01. The number of nitrogens with one attached hydrogen (secondary N) is 1. The molecule has 1 aromatic carbocycles. The summed E-state index contributed by atoms with van der Waals surface area (Å²) in [6.45, 7) is 4.40. The molecule has 2 aromatic heterocycles. The van der Waals surface area contributed by atoms with Crippen LogP contribution in [0.4, 0.5) is 5.69 Å². The molecule has 0 saturated heterocycles. The average molecular weight is 402 g/mol. The topological polar surface area (TPSA) is 102 Å². The number of hydrogen-bond donors (Lipinski definition) is 2. The maximum Gasteiger partial charge on any atom is 0.305 e. The molecule has 3 rings (SSSR count). The Labute approximate surface area is 166 Å². The molecule has 9 heteroatoms. The molecule has 28 heavy (non-hydrogen) atoms. The van der Waals surface area contributed by atoms with Crippen molar-refractivity contribution in [3.05, 3.63) is 64.2 Å². The van der Waals surface area contributed by atoms with Crippen LogP contribution in [0.15, 0.2) is 36.7 Å². The Hall–Kier alpha value is -3.13. The fourth-order valence-electron chi connectivity index (χ4n) is 2.82. The van der Waals surface area contributed by atoms with Gasteiger partial charge >= 0.3 is 5.97 Å². The zero-order chi connectivity index (χ0) is 20.3. The highest BCUT2D eigenvalue weighted by Gasteiger charge is 2.17. The third-order valence-corrected chi connectivity index (χ3v) is 4.72. The van der Waals surface area contributed by atoms with Gasteiger partial charge in [-0.3, -0.25) is 19.0 Å². The highest BCUT2D eigenvalue weighted by Crippen LogP contribution is 2.23. The zero-order valence-electron chi connectivity index (χ0n) is 15.5. The van der Waals surface area contributed by atoms with Crippen LogP contribution in [0, 0.1) is 13.8 Å². The number of rotatable bonds is 7. The Morgan fingerprint density at radius 3 is 2.71 bits per heavy atom. The van der Waals surface area contributed by atoms with Crippen LogP contribution in [-0.4, -0.2) is 36.5 Å². The third kappa shape index (κ3) is 4.40. The number of aromatic nitrogens is 4. The molecule has 0 aliphatic heterocycles. The van der Waals surface area contributed by atoms with E-state index >= 15 is 0 Å². The lowest BCUT2D eigenvalue weighted by molar-refractivity contribution is -0.137. The van der Waals surface area contributed by atoms with E-state index in [4.69, 9.17) is 16.7 Å². The SMILES string of the molecule is Cc1nn(Cc2ccccc2Cl)c(C)c1NC(=O)c1cnn(CCC(=O)O)c1. The quantitative estimate of drug-likeness (QED) is 0.633. The average Bonchev–Trinajstić information content (AvgIpc) is 3.22. The van der Waals surface area contributed by atoms with Crippen molar-refractivity contribution in [2.75, 3.05) is 5.32 Å². The lowest BCUT2D eigenvalue weighted by Crippen LogP contribution is -2.13. The maximum absolute atomic E-state index is 12.6. The second kappa shape index (κ2) is 8.26. The number of carboxylic acids is 1. The molecule has 8 nitrogen and oxygen atoms in total. The molecule has 0 fully saturated rings. The van der Waals surface area contributed by atoms with Crippen molar-refractivity contribution in [3.8, 4) is 0 Å². The highest BCUT2D eigenvalue weighted by atomic mass is 35.5. The summed E-state index contributed by atoms with van der Waals surface area (Å²) in [5.41, 5.74) is 3.42. The summed E-state index contributed by atoms with van der Waals surface area (Å²) in [7, 11) is 0. The van der Waals surface area contributed by atoms with E-state index in [1.54, 1.807) is 4.68 Å². The summed E-state index contributed by atoms with van der Waals surface area (Å²) >= 11 is 6.23. The first kappa shape index (κ1) is 19.6. The zero-order valence-corrected chi connectivity index (χ0v) is 16.3. The van der Waals surface area contributed by atoms with Gasteiger partial charge in [-0.05, 0) is 25.5 Å². The first-order chi connectivity index (χ1) is 13.3. The van der Waals surface area contributed by atoms with Crippen LogP contribution in [0.3, 0.4) is 0 Å². The van der Waals surface area contributed by atoms with E-state index < -0.39 is 5.97 Å². The Bertz CT molecular complexity index is 1020. The van der Waals surface area contributed by atoms with Gasteiger partial charge in [0.25, 0.3) is 5.91 Å². The van der Waals surface area contributed by atoms with E-state index in [9.17, 15) is 9.59 Å². The molecule has 146 valence electrons. The minimum absolute atomic E-state index is 0.0598. The molecular formula is C19H20ClN5O3. The molecular weight excluding hydrogens is 382 g/mol. The van der Waals surface area contributed by atoms with Crippen molar-refractivity contribution in [2.45, 2.75) is 33.4 Å². The first-order valence-electron chi connectivity index (χ1n) is 8.68. The van der Waals surface area contributed by atoms with E-state index in [2.05, 4.69) is 15.5 Å². The van der Waals surface area contributed by atoms with E-state index in [-0.39, 0.29) is 18.9 Å². The summed E-state index contributed by atoms with van der Waals surface area (Å²) < 4.78 is 3.23. The summed E-state index contributed by atoms with van der Waals surface area (Å²) in [6.07, 6.45) is 2.88. The van der Waals surface area contributed by atoms with Gasteiger partial charge in [0.05, 0.1) is 48.3 Å². The number of aryl methyl sites for hydroxylation is 2. The van der Waals surface area contributed by atoms with Crippen molar-refractivity contribution in [1.82, 2.24) is 19.6 Å². The Balaban J connectivity index is 1.74. The number of carbonyl (C=O) groups excluding carboxylic acids is 1. The number of aliphatic carboxylic acids is 1. The molecule has 1 amide bonds. The molecule has 3 aromatic rings. The van der Waals surface area contributed by atoms with Crippen molar-refractivity contribution in [1.29, 1.82) is 0 Å². The molecule has 0 saturated carbocycles. The molecule has 0 bridgehead atoms. The number of carbonyl (C=O) groups is 2. The molecule has 2 N–H and O–H groups in total. The van der Waals surface area contributed by atoms with Crippen LogP contribution in [-0.2, 0) is 17.9 Å². The first-order valence-corrected chi connectivity index (χ1v) is 9.06. The minimum Gasteiger partial charge on any atom is -0.481 e. The molecule has 0 radical (unpaired) electrons. The van der Waals surface area contributed by atoms with Gasteiger partial charge in [-0.15, -0.1) is 0 Å². The Kier molecular flexibility index (Phi) is 5.79. The lowest BCUT2D eigenvalue weighted by atomic mass is 10.2. The number of anilines is 1. The number of carboxylic acid groups (broad SMARTS) is 1. The number of nitrogens with zero attached hydrogens (tertiary/aromatic N) is 4. The van der Waals surface area contributed by atoms with Gasteiger partial charge in [-0.1, -0.05) is 29.8 Å². The van der Waals surface area contributed by atoms with Gasteiger partial charge in [-0.2, -0.15) is 10.2 Å². The Morgan fingerprint density at radius 1 is 1.25 bits per heavy atom. The van der Waals surface area contributed by atoms with Gasteiger partial charge in [0, 0.05) is 11.2 Å². The molecule has 0 unspecified atom stereocenters. The molecule has 0 aliphatic carbocycles. The van der Waals surface area contributed by atoms with Crippen LogP contribution in [0.1, 0.15) is 33.7 Å². The van der Waals surface area contributed by atoms with Gasteiger partial charge in [-0.25, -0.2) is 0 Å². The maximum atomic E-state index is 12.6. The van der Waals surface area contributed by atoms with Gasteiger partial charge in [0.1, 0.15) is 0 Å². The van der Waals surface area contributed by atoms with E-state index in [0.29, 0.717) is 28.5 Å². The third-order valence-electron chi connectivity index (χ3n) is 4.35.